The van der Waals surface area contributed by atoms with E-state index in [2.05, 4.69) is 29.4 Å². The van der Waals surface area contributed by atoms with Crippen molar-refractivity contribution in [3.63, 3.8) is 0 Å². The first-order valence-electron chi connectivity index (χ1n) is 10.1. The minimum atomic E-state index is -0.113. The second-order valence-corrected chi connectivity index (χ2v) is 7.63. The molecule has 3 heterocycles. The SMILES string of the molecule is CCN1CCCC1CNC(=NCC1(C)CCCO1)NCCc1ccco1. The molecule has 2 atom stereocenters. The summed E-state index contributed by atoms with van der Waals surface area (Å²) in [6.07, 6.45) is 7.36. The number of nitrogens with zero attached hydrogens (tertiary/aromatic N) is 2. The zero-order valence-electron chi connectivity index (χ0n) is 16.3. The van der Waals surface area contributed by atoms with Gasteiger partial charge in [0.15, 0.2) is 5.96 Å². The molecule has 1 aromatic heterocycles. The molecule has 2 N–H and O–H groups in total. The molecule has 0 aliphatic carbocycles. The predicted octanol–water partition coefficient (Wildman–Crippen LogP) is 2.41. The fraction of sp³-hybridized carbons (Fsp3) is 0.750. The third kappa shape index (κ3) is 5.48. The summed E-state index contributed by atoms with van der Waals surface area (Å²) in [5.41, 5.74) is -0.113. The van der Waals surface area contributed by atoms with E-state index in [4.69, 9.17) is 14.1 Å². The number of nitrogens with one attached hydrogen (secondary N) is 2. The molecule has 2 fully saturated rings. The lowest BCUT2D eigenvalue weighted by atomic mass is 10.0. The molecule has 2 saturated heterocycles. The van der Waals surface area contributed by atoms with Crippen molar-refractivity contribution in [1.29, 1.82) is 0 Å². The van der Waals surface area contributed by atoms with Crippen LogP contribution >= 0.6 is 0 Å². The number of likely N-dealkylation sites (N-methyl/N-ethyl adjacent to an activating group) is 1. The summed E-state index contributed by atoms with van der Waals surface area (Å²) in [6.45, 7) is 10.0. The molecule has 2 unspecified atom stereocenters. The highest BCUT2D eigenvalue weighted by molar-refractivity contribution is 5.79. The van der Waals surface area contributed by atoms with Gasteiger partial charge in [-0.2, -0.15) is 0 Å². The lowest BCUT2D eigenvalue weighted by Gasteiger charge is -2.25. The van der Waals surface area contributed by atoms with Crippen LogP contribution in [-0.4, -0.2) is 61.8 Å². The van der Waals surface area contributed by atoms with Crippen LogP contribution in [0.15, 0.2) is 27.8 Å². The molecule has 0 saturated carbocycles. The standard InChI is InChI=1S/C20H34N4O2/c1-3-24-12-4-7-17(24)15-22-19(21-11-9-18-8-5-13-25-18)23-16-20(2)10-6-14-26-20/h5,8,13,17H,3-4,6-7,9-12,14-16H2,1-2H3,(H2,21,22,23). The van der Waals surface area contributed by atoms with Crippen LogP contribution in [0.1, 0.15) is 45.3 Å². The Balaban J connectivity index is 1.53. The molecule has 2 aliphatic rings. The second kappa shape index (κ2) is 9.42. The van der Waals surface area contributed by atoms with E-state index in [1.165, 1.54) is 19.4 Å². The molecular formula is C20H34N4O2. The van der Waals surface area contributed by atoms with E-state index in [0.29, 0.717) is 12.6 Å². The number of hydrogen-bond donors (Lipinski definition) is 2. The van der Waals surface area contributed by atoms with Crippen LogP contribution < -0.4 is 10.6 Å². The molecule has 0 amide bonds. The zero-order valence-corrected chi connectivity index (χ0v) is 16.3. The maximum Gasteiger partial charge on any atom is 0.191 e. The molecular weight excluding hydrogens is 328 g/mol. The van der Waals surface area contributed by atoms with Crippen LogP contribution in [0, 0.1) is 0 Å². The number of rotatable bonds is 8. The van der Waals surface area contributed by atoms with Crippen molar-refractivity contribution in [1.82, 2.24) is 15.5 Å². The second-order valence-electron chi connectivity index (χ2n) is 7.63. The fourth-order valence-corrected chi connectivity index (χ4v) is 3.90. The van der Waals surface area contributed by atoms with Crippen molar-refractivity contribution in [2.24, 2.45) is 4.99 Å². The number of likely N-dealkylation sites (tertiary alicyclic amines) is 1. The van der Waals surface area contributed by atoms with Gasteiger partial charge in [0.2, 0.25) is 0 Å². The molecule has 6 nitrogen and oxygen atoms in total. The fourth-order valence-electron chi connectivity index (χ4n) is 3.90. The maximum absolute atomic E-state index is 5.88. The molecule has 0 spiro atoms. The number of guanidine groups is 1. The summed E-state index contributed by atoms with van der Waals surface area (Å²) in [5, 5.41) is 7.02. The Morgan fingerprint density at radius 3 is 3.04 bits per heavy atom. The lowest BCUT2D eigenvalue weighted by molar-refractivity contribution is 0.0283. The number of furan rings is 1. The van der Waals surface area contributed by atoms with Crippen LogP contribution in [-0.2, 0) is 11.2 Å². The molecule has 3 rings (SSSR count). The third-order valence-corrected chi connectivity index (χ3v) is 5.53. The van der Waals surface area contributed by atoms with E-state index in [-0.39, 0.29) is 5.60 Å². The molecule has 146 valence electrons. The van der Waals surface area contributed by atoms with E-state index in [9.17, 15) is 0 Å². The lowest BCUT2D eigenvalue weighted by Crippen LogP contribution is -2.46. The van der Waals surface area contributed by atoms with Crippen LogP contribution in [0.4, 0.5) is 0 Å². The number of ether oxygens (including phenoxy) is 1. The van der Waals surface area contributed by atoms with E-state index in [0.717, 1.165) is 57.2 Å². The Kier molecular flexibility index (Phi) is 6.97. The summed E-state index contributed by atoms with van der Waals surface area (Å²) in [6, 6.07) is 4.55. The minimum Gasteiger partial charge on any atom is -0.469 e. The Bertz CT molecular complexity index is 552. The van der Waals surface area contributed by atoms with Gasteiger partial charge in [0, 0.05) is 32.2 Å². The van der Waals surface area contributed by atoms with Gasteiger partial charge in [-0.15, -0.1) is 0 Å². The molecule has 0 bridgehead atoms. The molecule has 0 aromatic carbocycles. The van der Waals surface area contributed by atoms with E-state index >= 15 is 0 Å². The first kappa shape index (κ1) is 19.2. The van der Waals surface area contributed by atoms with Crippen molar-refractivity contribution in [2.45, 2.75) is 57.6 Å². The van der Waals surface area contributed by atoms with Crippen LogP contribution in [0.3, 0.4) is 0 Å². The average molecular weight is 363 g/mol. The van der Waals surface area contributed by atoms with Crippen LogP contribution in [0.5, 0.6) is 0 Å². The van der Waals surface area contributed by atoms with Crippen molar-refractivity contribution < 1.29 is 9.15 Å². The largest absolute Gasteiger partial charge is 0.469 e. The van der Waals surface area contributed by atoms with Gasteiger partial charge in [-0.1, -0.05) is 6.92 Å². The van der Waals surface area contributed by atoms with Gasteiger partial charge in [0.05, 0.1) is 18.4 Å². The highest BCUT2D eigenvalue weighted by Gasteiger charge is 2.29. The molecule has 0 radical (unpaired) electrons. The Hall–Kier alpha value is -1.53. The van der Waals surface area contributed by atoms with Crippen LogP contribution in [0.2, 0.25) is 0 Å². The highest BCUT2D eigenvalue weighted by Crippen LogP contribution is 2.25. The van der Waals surface area contributed by atoms with Gasteiger partial charge in [-0.25, -0.2) is 0 Å². The summed E-state index contributed by atoms with van der Waals surface area (Å²) >= 11 is 0. The maximum atomic E-state index is 5.88. The van der Waals surface area contributed by atoms with E-state index in [1.807, 2.05) is 12.1 Å². The van der Waals surface area contributed by atoms with Crippen molar-refractivity contribution in [3.8, 4) is 0 Å². The van der Waals surface area contributed by atoms with Gasteiger partial charge in [0.1, 0.15) is 5.76 Å². The Labute approximate surface area is 157 Å². The van der Waals surface area contributed by atoms with Crippen molar-refractivity contribution >= 4 is 5.96 Å². The Morgan fingerprint density at radius 2 is 2.31 bits per heavy atom. The Morgan fingerprint density at radius 1 is 1.38 bits per heavy atom. The van der Waals surface area contributed by atoms with Crippen molar-refractivity contribution in [3.05, 3.63) is 24.2 Å². The quantitative estimate of drug-likeness (QED) is 0.549. The highest BCUT2D eigenvalue weighted by atomic mass is 16.5. The van der Waals surface area contributed by atoms with Gasteiger partial charge < -0.3 is 19.8 Å². The van der Waals surface area contributed by atoms with E-state index < -0.39 is 0 Å². The average Bonchev–Trinajstić information content (AvgIpc) is 3.39. The number of hydrogen-bond acceptors (Lipinski definition) is 4. The smallest absolute Gasteiger partial charge is 0.191 e. The van der Waals surface area contributed by atoms with Gasteiger partial charge in [0.25, 0.3) is 0 Å². The molecule has 2 aliphatic heterocycles. The van der Waals surface area contributed by atoms with Crippen LogP contribution in [0.25, 0.3) is 0 Å². The first-order chi connectivity index (χ1) is 12.7. The summed E-state index contributed by atoms with van der Waals surface area (Å²) in [7, 11) is 0. The zero-order chi connectivity index (χ0) is 18.2. The summed E-state index contributed by atoms with van der Waals surface area (Å²) in [4.78, 5) is 7.38. The summed E-state index contributed by atoms with van der Waals surface area (Å²) < 4.78 is 11.3. The molecule has 6 heteroatoms. The topological polar surface area (TPSA) is 62.0 Å². The van der Waals surface area contributed by atoms with Gasteiger partial charge >= 0.3 is 0 Å². The number of aliphatic imine (C=N–C) groups is 1. The predicted molar refractivity (Wildman–Crippen MR) is 105 cm³/mol. The minimum absolute atomic E-state index is 0.113. The molecule has 1 aromatic rings. The van der Waals surface area contributed by atoms with Gasteiger partial charge in [-0.05, 0) is 57.8 Å². The molecule has 26 heavy (non-hydrogen) atoms. The van der Waals surface area contributed by atoms with Crippen molar-refractivity contribution in [2.75, 3.05) is 39.3 Å². The third-order valence-electron chi connectivity index (χ3n) is 5.53. The monoisotopic (exact) mass is 362 g/mol. The normalized spacial score (nSPS) is 27.2. The first-order valence-corrected chi connectivity index (χ1v) is 10.1. The summed E-state index contributed by atoms with van der Waals surface area (Å²) in [5.74, 6) is 1.88. The van der Waals surface area contributed by atoms with E-state index in [1.54, 1.807) is 6.26 Å². The van der Waals surface area contributed by atoms with Gasteiger partial charge in [-0.3, -0.25) is 9.89 Å².